The van der Waals surface area contributed by atoms with Crippen molar-refractivity contribution in [1.29, 1.82) is 0 Å². The first kappa shape index (κ1) is 11.0. The Labute approximate surface area is 100 Å². The zero-order valence-corrected chi connectivity index (χ0v) is 10.0. The van der Waals surface area contributed by atoms with Gasteiger partial charge in [0.15, 0.2) is 0 Å². The second-order valence-electron chi connectivity index (χ2n) is 3.97. The second kappa shape index (κ2) is 4.18. The number of rotatable bonds is 1. The Kier molecular flexibility index (Phi) is 2.88. The third-order valence-electron chi connectivity index (χ3n) is 2.70. The minimum absolute atomic E-state index is 0.324. The fourth-order valence-corrected chi connectivity index (χ4v) is 1.73. The number of phenols is 1. The van der Waals surface area contributed by atoms with Crippen LogP contribution in [0.5, 0.6) is 5.75 Å². The molecule has 2 heteroatoms. The summed E-state index contributed by atoms with van der Waals surface area (Å²) in [5.74, 6) is 0.324. The molecule has 0 aliphatic carbocycles. The van der Waals surface area contributed by atoms with E-state index in [1.807, 2.05) is 44.2 Å². The van der Waals surface area contributed by atoms with Crippen LogP contribution in [0.1, 0.15) is 11.1 Å². The van der Waals surface area contributed by atoms with Gasteiger partial charge in [0.2, 0.25) is 0 Å². The van der Waals surface area contributed by atoms with Gasteiger partial charge in [0.05, 0.1) is 0 Å². The SMILES string of the molecule is Cc1ccc(-c2ccc(Cl)c(C)c2)cc1O. The first-order valence-corrected chi connectivity index (χ1v) is 5.52. The van der Waals surface area contributed by atoms with Gasteiger partial charge in [0.25, 0.3) is 0 Å². The molecule has 0 aliphatic rings. The largest absolute Gasteiger partial charge is 0.508 e. The van der Waals surface area contributed by atoms with Crippen LogP contribution >= 0.6 is 11.6 Å². The molecular weight excluding hydrogens is 220 g/mol. The Morgan fingerprint density at radius 2 is 1.50 bits per heavy atom. The molecule has 16 heavy (non-hydrogen) atoms. The van der Waals surface area contributed by atoms with Crippen LogP contribution in [-0.2, 0) is 0 Å². The summed E-state index contributed by atoms with van der Waals surface area (Å²) in [5, 5.41) is 10.4. The van der Waals surface area contributed by atoms with Gasteiger partial charge in [-0.25, -0.2) is 0 Å². The maximum absolute atomic E-state index is 9.66. The zero-order chi connectivity index (χ0) is 11.7. The lowest BCUT2D eigenvalue weighted by Crippen LogP contribution is -1.82. The fraction of sp³-hybridized carbons (Fsp3) is 0.143. The van der Waals surface area contributed by atoms with Gasteiger partial charge in [-0.3, -0.25) is 0 Å². The van der Waals surface area contributed by atoms with Gasteiger partial charge in [-0.05, 0) is 54.3 Å². The standard InChI is InChI=1S/C14H13ClO/c1-9-3-4-12(8-14(9)16)11-5-6-13(15)10(2)7-11/h3-8,16H,1-2H3. The smallest absolute Gasteiger partial charge is 0.119 e. The summed E-state index contributed by atoms with van der Waals surface area (Å²) < 4.78 is 0. The van der Waals surface area contributed by atoms with Crippen molar-refractivity contribution in [3.63, 3.8) is 0 Å². The van der Waals surface area contributed by atoms with Gasteiger partial charge < -0.3 is 5.11 Å². The lowest BCUT2D eigenvalue weighted by atomic mass is 10.0. The topological polar surface area (TPSA) is 20.2 Å². The van der Waals surface area contributed by atoms with Crippen LogP contribution in [-0.4, -0.2) is 5.11 Å². The molecule has 1 N–H and O–H groups in total. The normalized spacial score (nSPS) is 10.4. The van der Waals surface area contributed by atoms with Crippen molar-refractivity contribution in [1.82, 2.24) is 0 Å². The Balaban J connectivity index is 2.50. The molecule has 0 aliphatic heterocycles. The molecule has 0 saturated heterocycles. The molecule has 0 amide bonds. The van der Waals surface area contributed by atoms with Gasteiger partial charge in [0, 0.05) is 5.02 Å². The average molecular weight is 233 g/mol. The zero-order valence-electron chi connectivity index (χ0n) is 9.29. The Hall–Kier alpha value is -1.47. The number of phenolic OH excluding ortho intramolecular Hbond substituents is 1. The number of aromatic hydroxyl groups is 1. The van der Waals surface area contributed by atoms with E-state index in [0.29, 0.717) is 5.75 Å². The predicted molar refractivity (Wildman–Crippen MR) is 68.0 cm³/mol. The summed E-state index contributed by atoms with van der Waals surface area (Å²) in [6.07, 6.45) is 0. The molecule has 2 rings (SSSR count). The number of halogens is 1. The van der Waals surface area contributed by atoms with Gasteiger partial charge in [-0.15, -0.1) is 0 Å². The average Bonchev–Trinajstić information content (AvgIpc) is 2.26. The van der Waals surface area contributed by atoms with E-state index in [9.17, 15) is 5.11 Å². The molecule has 1 nitrogen and oxygen atoms in total. The lowest BCUT2D eigenvalue weighted by Gasteiger charge is -2.06. The summed E-state index contributed by atoms with van der Waals surface area (Å²) in [6, 6.07) is 11.5. The molecule has 0 saturated carbocycles. The minimum Gasteiger partial charge on any atom is -0.508 e. The van der Waals surface area contributed by atoms with Gasteiger partial charge in [0.1, 0.15) is 5.75 Å². The van der Waals surface area contributed by atoms with Crippen LogP contribution in [0.3, 0.4) is 0 Å². The Morgan fingerprint density at radius 3 is 2.12 bits per heavy atom. The van der Waals surface area contributed by atoms with Crippen LogP contribution in [0.25, 0.3) is 11.1 Å². The summed E-state index contributed by atoms with van der Waals surface area (Å²) in [5.41, 5.74) is 3.99. The van der Waals surface area contributed by atoms with Crippen LogP contribution in [0.15, 0.2) is 36.4 Å². The number of hydrogen-bond acceptors (Lipinski definition) is 1. The Bertz CT molecular complexity index is 483. The van der Waals surface area contributed by atoms with Crippen molar-refractivity contribution in [2.75, 3.05) is 0 Å². The highest BCUT2D eigenvalue weighted by molar-refractivity contribution is 6.31. The van der Waals surface area contributed by atoms with Crippen molar-refractivity contribution in [2.24, 2.45) is 0 Å². The van der Waals surface area contributed by atoms with Crippen molar-refractivity contribution in [3.05, 3.63) is 52.5 Å². The number of aryl methyl sites for hydroxylation is 2. The van der Waals surface area contributed by atoms with Crippen molar-refractivity contribution < 1.29 is 5.11 Å². The Morgan fingerprint density at radius 1 is 0.875 bits per heavy atom. The molecule has 0 atom stereocenters. The molecule has 2 aromatic rings. The van der Waals surface area contributed by atoms with E-state index in [4.69, 9.17) is 11.6 Å². The monoisotopic (exact) mass is 232 g/mol. The van der Waals surface area contributed by atoms with E-state index in [0.717, 1.165) is 27.3 Å². The fourth-order valence-electron chi connectivity index (χ4n) is 1.61. The van der Waals surface area contributed by atoms with E-state index in [2.05, 4.69) is 0 Å². The molecule has 2 aromatic carbocycles. The van der Waals surface area contributed by atoms with E-state index in [-0.39, 0.29) is 0 Å². The summed E-state index contributed by atoms with van der Waals surface area (Å²) in [7, 11) is 0. The third kappa shape index (κ3) is 2.05. The van der Waals surface area contributed by atoms with Crippen LogP contribution in [0.2, 0.25) is 5.02 Å². The van der Waals surface area contributed by atoms with E-state index in [1.165, 1.54) is 0 Å². The molecule has 0 radical (unpaired) electrons. The maximum Gasteiger partial charge on any atom is 0.119 e. The molecule has 0 aromatic heterocycles. The van der Waals surface area contributed by atoms with Crippen LogP contribution < -0.4 is 0 Å². The number of benzene rings is 2. The van der Waals surface area contributed by atoms with Crippen molar-refractivity contribution in [2.45, 2.75) is 13.8 Å². The van der Waals surface area contributed by atoms with Crippen LogP contribution in [0.4, 0.5) is 0 Å². The lowest BCUT2D eigenvalue weighted by molar-refractivity contribution is 0.471. The molecule has 0 fully saturated rings. The highest BCUT2D eigenvalue weighted by Crippen LogP contribution is 2.28. The first-order chi connectivity index (χ1) is 7.58. The molecule has 0 bridgehead atoms. The number of hydrogen-bond donors (Lipinski definition) is 1. The quantitative estimate of drug-likeness (QED) is 0.776. The molecule has 82 valence electrons. The first-order valence-electron chi connectivity index (χ1n) is 5.14. The highest BCUT2D eigenvalue weighted by atomic mass is 35.5. The second-order valence-corrected chi connectivity index (χ2v) is 4.37. The molecule has 0 unspecified atom stereocenters. The van der Waals surface area contributed by atoms with Crippen LogP contribution in [0, 0.1) is 13.8 Å². The van der Waals surface area contributed by atoms with E-state index < -0.39 is 0 Å². The van der Waals surface area contributed by atoms with E-state index >= 15 is 0 Å². The minimum atomic E-state index is 0.324. The van der Waals surface area contributed by atoms with Gasteiger partial charge >= 0.3 is 0 Å². The maximum atomic E-state index is 9.66. The van der Waals surface area contributed by atoms with E-state index in [1.54, 1.807) is 6.07 Å². The highest BCUT2D eigenvalue weighted by Gasteiger charge is 2.03. The molecular formula is C14H13ClO. The van der Waals surface area contributed by atoms with Crippen molar-refractivity contribution in [3.8, 4) is 16.9 Å². The molecule has 0 heterocycles. The van der Waals surface area contributed by atoms with Gasteiger partial charge in [-0.2, -0.15) is 0 Å². The summed E-state index contributed by atoms with van der Waals surface area (Å²) in [6.45, 7) is 3.85. The summed E-state index contributed by atoms with van der Waals surface area (Å²) >= 11 is 5.98. The molecule has 0 spiro atoms. The predicted octanol–water partition coefficient (Wildman–Crippen LogP) is 4.33. The van der Waals surface area contributed by atoms with Gasteiger partial charge in [-0.1, -0.05) is 29.8 Å². The van der Waals surface area contributed by atoms with Crippen molar-refractivity contribution >= 4 is 11.6 Å². The third-order valence-corrected chi connectivity index (χ3v) is 3.12. The summed E-state index contributed by atoms with van der Waals surface area (Å²) in [4.78, 5) is 0.